The predicted molar refractivity (Wildman–Crippen MR) is 508 cm³/mol. The second kappa shape index (κ2) is 47.0. The number of methoxy groups -OCH3 is 1. The lowest BCUT2D eigenvalue weighted by Gasteiger charge is -2.29. The Hall–Kier alpha value is -5.44. The van der Waals surface area contributed by atoms with E-state index in [9.17, 15) is 0 Å². The fourth-order valence-corrected chi connectivity index (χ4v) is 11.8. The van der Waals surface area contributed by atoms with Gasteiger partial charge in [-0.2, -0.15) is 9.97 Å². The first-order valence-corrected chi connectivity index (χ1v) is 46.1. The van der Waals surface area contributed by atoms with Gasteiger partial charge in [0, 0.05) is 101 Å². The van der Waals surface area contributed by atoms with Gasteiger partial charge in [-0.05, 0) is 213 Å². The van der Waals surface area contributed by atoms with Gasteiger partial charge in [-0.1, -0.05) is 308 Å². The molecule has 6 heterocycles. The molecule has 7 saturated carbocycles. The van der Waals surface area contributed by atoms with Gasteiger partial charge in [0.05, 0.1) is 6.61 Å². The van der Waals surface area contributed by atoms with E-state index in [-0.39, 0.29) is 39.9 Å². The molecular weight excluding hydrogens is 1470 g/mol. The van der Waals surface area contributed by atoms with Gasteiger partial charge < -0.3 is 13.8 Å². The Labute approximate surface area is 734 Å². The van der Waals surface area contributed by atoms with Crippen molar-refractivity contribution in [2.24, 2.45) is 73.9 Å². The van der Waals surface area contributed by atoms with Gasteiger partial charge >= 0.3 is 0 Å². The van der Waals surface area contributed by atoms with Crippen LogP contribution in [-0.2, 0) is 37.2 Å². The van der Waals surface area contributed by atoms with E-state index in [0.717, 1.165) is 122 Å². The highest BCUT2D eigenvalue weighted by Crippen LogP contribution is 2.61. The quantitative estimate of drug-likeness (QED) is 0.119. The summed E-state index contributed by atoms with van der Waals surface area (Å²) in [7, 11) is 1.80. The molecule has 7 aliphatic carbocycles. The average Bonchev–Trinajstić information content (AvgIpc) is 1.61. The summed E-state index contributed by atoms with van der Waals surface area (Å²) in [6.07, 6.45) is 37.6. The summed E-state index contributed by atoms with van der Waals surface area (Å²) in [6, 6.07) is 0. The third kappa shape index (κ3) is 44.1. The second-order valence-electron chi connectivity index (χ2n) is 47.4. The Morgan fingerprint density at radius 2 is 0.748 bits per heavy atom. The normalized spacial score (nSPS) is 17.1. The number of ether oxygens (including phenoxy) is 1. The van der Waals surface area contributed by atoms with Crippen LogP contribution in [0.3, 0.4) is 0 Å². The summed E-state index contributed by atoms with van der Waals surface area (Å²) in [5.74, 6) is 15.3. The van der Waals surface area contributed by atoms with Crippen molar-refractivity contribution in [2.45, 2.75) is 458 Å². The van der Waals surface area contributed by atoms with E-state index in [4.69, 9.17) is 13.8 Å². The SMILES string of the molecule is C.CC(C)(C)c1nc(C2CC2)no1.CC(C)(C)c1ncc(C2CC2)cn1.CC(C)C(C)(C)C.CC(C)C(C)C1CC1.CC(C)C1(C)CC1.CC(C)CC1CC1.CC(C)c1noc(C(C)(C)C)n1.CCC1(C(C)(C)C)CC1.COCC1(C(C)(C)C)CC1.Cc1cnc(C(C)(C)C)nc1.Cc1cnc(C(C)(C)C)nc1.Cc1cnc(C(C)(C)C)nc1. The van der Waals surface area contributed by atoms with Crippen LogP contribution in [0.1, 0.15) is 474 Å². The van der Waals surface area contributed by atoms with Gasteiger partial charge in [-0.25, -0.2) is 39.9 Å². The zero-order valence-corrected chi connectivity index (χ0v) is 85.0. The van der Waals surface area contributed by atoms with Gasteiger partial charge in [0.15, 0.2) is 11.6 Å². The Bertz CT molecular complexity index is 3480. The zero-order valence-electron chi connectivity index (χ0n) is 85.0. The first kappa shape index (κ1) is 112. The number of aromatic nitrogens is 12. The lowest BCUT2D eigenvalue weighted by atomic mass is 9.76. The van der Waals surface area contributed by atoms with Gasteiger partial charge in [-0.3, -0.25) is 0 Å². The summed E-state index contributed by atoms with van der Waals surface area (Å²) >= 11 is 0. The van der Waals surface area contributed by atoms with E-state index in [2.05, 4.69) is 337 Å². The topological polar surface area (TPSA) is 190 Å². The molecule has 0 amide bonds. The minimum absolute atomic E-state index is 0. The molecule has 0 N–H and O–H groups in total. The standard InChI is InChI=1S/C11H16N2.C9H14N2O.C9H16N2O.3C9H14N2.C9H18O.C9H18.C8H16.2C7H14.C7H16.CH4/c1-11(2,3)10-12-6-9(7-13-10)8-4-5-8;1-9(2,3)8-10-7(11-12-8)6-4-5-6;1-6(2)7-10-8(12-11-7)9(3,4)5;3*1-7-5-10-8(11-6-7)9(2,3)4;1-8(2,3)9(5-6-9)7-10-4;1-5-9(6-7-9)8(2,3)4;1-6(2)7(3)8-4-5-8;1-6(2)7(3)4-5-7;1-6(2)5-7-3-4-7;1-6(2)7(3,4)5;/h6-8H,4-5H2,1-3H3;6H,4-5H2,1-3H3;6H,1-5H3;3*5-6H,1-4H3;5-7H2,1-4H3;5-7H2,1-4H3;6-8H,4-5H2,1-3H3;6H,4-5H2,1-3H3;6-7H,3-5H2,1-2H3;6H,1-5H3;1H4. The summed E-state index contributed by atoms with van der Waals surface area (Å²) in [5, 5.41) is 7.85. The first-order chi connectivity index (χ1) is 53.7. The van der Waals surface area contributed by atoms with Gasteiger partial charge in [-0.15, -0.1) is 0 Å². The molecule has 7 aliphatic rings. The molecule has 0 aliphatic heterocycles. The number of rotatable bonds is 11. The third-order valence-electron chi connectivity index (χ3n) is 24.4. The molecule has 0 spiro atoms. The van der Waals surface area contributed by atoms with E-state index < -0.39 is 0 Å². The maximum Gasteiger partial charge on any atom is 0.232 e. The molecule has 15 nitrogen and oxygen atoms in total. The largest absolute Gasteiger partial charge is 0.384 e. The van der Waals surface area contributed by atoms with Crippen molar-refractivity contribution in [3.63, 3.8) is 0 Å². The summed E-state index contributed by atoms with van der Waals surface area (Å²) in [5.41, 5.74) is 8.33. The summed E-state index contributed by atoms with van der Waals surface area (Å²) in [4.78, 5) is 42.9. The van der Waals surface area contributed by atoms with E-state index in [1.807, 2.05) is 70.3 Å². The van der Waals surface area contributed by atoms with Gasteiger partial charge in [0.25, 0.3) is 0 Å². The lowest BCUT2D eigenvalue weighted by molar-refractivity contribution is 0.0724. The van der Waals surface area contributed by atoms with Gasteiger partial charge in [0.1, 0.15) is 23.3 Å². The highest BCUT2D eigenvalue weighted by atomic mass is 16.5. The molecule has 0 saturated heterocycles. The molecule has 15 heteroatoms. The molecule has 682 valence electrons. The van der Waals surface area contributed by atoms with E-state index >= 15 is 0 Å². The van der Waals surface area contributed by atoms with Crippen molar-refractivity contribution in [1.82, 2.24) is 60.2 Å². The molecule has 119 heavy (non-hydrogen) atoms. The van der Waals surface area contributed by atoms with Crippen LogP contribution in [0.25, 0.3) is 0 Å². The summed E-state index contributed by atoms with van der Waals surface area (Å²) < 4.78 is 15.5. The van der Waals surface area contributed by atoms with Crippen LogP contribution in [-0.4, -0.2) is 73.9 Å². The van der Waals surface area contributed by atoms with Crippen molar-refractivity contribution < 1.29 is 13.8 Å². The Morgan fingerprint density at radius 1 is 0.420 bits per heavy atom. The van der Waals surface area contributed by atoms with Crippen molar-refractivity contribution >= 4 is 0 Å². The molecule has 13 rings (SSSR count). The van der Waals surface area contributed by atoms with Crippen LogP contribution < -0.4 is 0 Å². The van der Waals surface area contributed by atoms with Crippen molar-refractivity contribution in [2.75, 3.05) is 13.7 Å². The second-order valence-corrected chi connectivity index (χ2v) is 47.4. The maximum atomic E-state index is 5.20. The molecule has 0 radical (unpaired) electrons. The third-order valence-corrected chi connectivity index (χ3v) is 24.4. The fraction of sp³-hybridized carbons (Fsp3) is 0.808. The maximum absolute atomic E-state index is 5.20. The van der Waals surface area contributed by atoms with Crippen LogP contribution >= 0.6 is 0 Å². The Morgan fingerprint density at radius 3 is 0.908 bits per heavy atom. The molecule has 1 unspecified atom stereocenters. The van der Waals surface area contributed by atoms with E-state index in [0.29, 0.717) is 39.4 Å². The van der Waals surface area contributed by atoms with Gasteiger partial charge in [0.2, 0.25) is 11.8 Å². The monoisotopic (exact) mass is 1650 g/mol. The fourth-order valence-electron chi connectivity index (χ4n) is 11.8. The van der Waals surface area contributed by atoms with Crippen LogP contribution in [0, 0.1) is 94.7 Å². The number of nitrogens with zero attached hydrogens (tertiary/aromatic N) is 12. The molecule has 1 atom stereocenters. The molecule has 6 aromatic heterocycles. The molecular formula is C104H188N12O3. The number of hydrogen-bond donors (Lipinski definition) is 0. The molecule has 0 bridgehead atoms. The molecule has 0 aromatic carbocycles. The zero-order chi connectivity index (χ0) is 91.0. The highest BCUT2D eigenvalue weighted by molar-refractivity contribution is 5.19. The predicted octanol–water partition coefficient (Wildman–Crippen LogP) is 30.2. The summed E-state index contributed by atoms with van der Waals surface area (Å²) in [6.45, 7) is 95.1. The van der Waals surface area contributed by atoms with Crippen molar-refractivity contribution in [3.05, 3.63) is 119 Å². The number of aryl methyl sites for hydroxylation is 3. The van der Waals surface area contributed by atoms with Crippen LogP contribution in [0.4, 0.5) is 0 Å². The smallest absolute Gasteiger partial charge is 0.232 e. The van der Waals surface area contributed by atoms with Crippen molar-refractivity contribution in [1.29, 1.82) is 0 Å². The number of hydrogen-bond acceptors (Lipinski definition) is 15. The minimum atomic E-state index is -0.0415. The Balaban J connectivity index is 0.000000652. The van der Waals surface area contributed by atoms with E-state index in [1.54, 1.807) is 7.11 Å². The molecule has 7 fully saturated rings. The highest BCUT2D eigenvalue weighted by Gasteiger charge is 2.52. The average molecular weight is 1650 g/mol. The van der Waals surface area contributed by atoms with E-state index in [1.165, 1.54) is 108 Å². The lowest BCUT2D eigenvalue weighted by Crippen LogP contribution is -2.26. The Kier molecular flexibility index (Phi) is 44.1. The van der Waals surface area contributed by atoms with Crippen LogP contribution in [0.5, 0.6) is 0 Å². The first-order valence-electron chi connectivity index (χ1n) is 46.1. The van der Waals surface area contributed by atoms with Crippen LogP contribution in [0.15, 0.2) is 58.6 Å². The van der Waals surface area contributed by atoms with Crippen molar-refractivity contribution in [3.8, 4) is 0 Å². The molecule has 6 aromatic rings. The minimum Gasteiger partial charge on any atom is -0.384 e. The van der Waals surface area contributed by atoms with Crippen LogP contribution in [0.2, 0.25) is 0 Å².